The lowest BCUT2D eigenvalue weighted by atomic mass is 9.94. The fourth-order valence-corrected chi connectivity index (χ4v) is 3.96. The van der Waals surface area contributed by atoms with E-state index in [4.69, 9.17) is 4.74 Å². The second-order valence-corrected chi connectivity index (χ2v) is 7.91. The molecular formula is C26H25NO4. The zero-order valence-corrected chi connectivity index (χ0v) is 17.4. The number of hydrogen-bond donors (Lipinski definition) is 2. The molecule has 0 aromatic heterocycles. The van der Waals surface area contributed by atoms with Gasteiger partial charge in [0, 0.05) is 12.0 Å². The molecule has 0 bridgehead atoms. The van der Waals surface area contributed by atoms with E-state index in [2.05, 4.69) is 5.32 Å². The monoisotopic (exact) mass is 415 g/mol. The van der Waals surface area contributed by atoms with Crippen molar-refractivity contribution in [1.82, 2.24) is 5.32 Å². The van der Waals surface area contributed by atoms with Gasteiger partial charge in [-0.3, -0.25) is 4.79 Å². The molecule has 1 amide bonds. The Bertz CT molecular complexity index is 1070. The van der Waals surface area contributed by atoms with Crippen molar-refractivity contribution in [2.75, 3.05) is 7.11 Å². The Balaban J connectivity index is 1.48. The number of aliphatic carboxylic acids is 1. The van der Waals surface area contributed by atoms with Gasteiger partial charge < -0.3 is 15.2 Å². The normalized spacial score (nSPS) is 15.0. The Morgan fingerprint density at radius 3 is 2.23 bits per heavy atom. The van der Waals surface area contributed by atoms with E-state index in [1.807, 2.05) is 78.9 Å². The number of hydrogen-bond acceptors (Lipinski definition) is 3. The molecule has 1 saturated carbocycles. The van der Waals surface area contributed by atoms with Crippen LogP contribution < -0.4 is 10.1 Å². The van der Waals surface area contributed by atoms with E-state index in [9.17, 15) is 14.7 Å². The molecule has 2 N–H and O–H groups in total. The number of carbonyl (C=O) groups excluding carboxylic acids is 1. The van der Waals surface area contributed by atoms with E-state index in [-0.39, 0.29) is 12.3 Å². The summed E-state index contributed by atoms with van der Waals surface area (Å²) in [7, 11) is 1.63. The SMILES string of the molecule is COc1ccccc1-c1ccc(C[C@H](NC(=O)C2(c3ccccc3)CC2)C(=O)O)cc1. The minimum absolute atomic E-state index is 0.211. The number of carboxylic acid groups (broad SMARTS) is 1. The molecule has 5 heteroatoms. The van der Waals surface area contributed by atoms with Gasteiger partial charge in [-0.2, -0.15) is 0 Å². The third-order valence-corrected chi connectivity index (χ3v) is 5.93. The lowest BCUT2D eigenvalue weighted by Gasteiger charge is -2.20. The zero-order chi connectivity index (χ0) is 21.8. The molecule has 0 radical (unpaired) electrons. The van der Waals surface area contributed by atoms with Gasteiger partial charge in [-0.15, -0.1) is 0 Å². The Kier molecular flexibility index (Phi) is 5.76. The molecule has 0 saturated heterocycles. The lowest BCUT2D eigenvalue weighted by Crippen LogP contribution is -2.46. The summed E-state index contributed by atoms with van der Waals surface area (Å²) in [6, 6.07) is 24.0. The summed E-state index contributed by atoms with van der Waals surface area (Å²) in [6.45, 7) is 0. The lowest BCUT2D eigenvalue weighted by molar-refractivity contribution is -0.142. The molecule has 0 aliphatic heterocycles. The summed E-state index contributed by atoms with van der Waals surface area (Å²) in [4.78, 5) is 24.8. The predicted molar refractivity (Wildman–Crippen MR) is 119 cm³/mol. The highest BCUT2D eigenvalue weighted by molar-refractivity contribution is 5.94. The van der Waals surface area contributed by atoms with Crippen LogP contribution in [0.25, 0.3) is 11.1 Å². The molecule has 0 heterocycles. The van der Waals surface area contributed by atoms with E-state index >= 15 is 0 Å². The highest BCUT2D eigenvalue weighted by atomic mass is 16.5. The van der Waals surface area contributed by atoms with Crippen LogP contribution in [0.1, 0.15) is 24.0 Å². The van der Waals surface area contributed by atoms with Crippen molar-refractivity contribution in [3.8, 4) is 16.9 Å². The number of rotatable bonds is 8. The Morgan fingerprint density at radius 1 is 0.968 bits per heavy atom. The van der Waals surface area contributed by atoms with Gasteiger partial charge in [0.05, 0.1) is 12.5 Å². The summed E-state index contributed by atoms with van der Waals surface area (Å²) < 4.78 is 5.42. The van der Waals surface area contributed by atoms with Crippen LogP contribution in [-0.4, -0.2) is 30.1 Å². The largest absolute Gasteiger partial charge is 0.496 e. The fourth-order valence-electron chi connectivity index (χ4n) is 3.96. The molecular weight excluding hydrogens is 390 g/mol. The molecule has 1 fully saturated rings. The molecule has 158 valence electrons. The van der Waals surface area contributed by atoms with Crippen LogP contribution in [0.4, 0.5) is 0 Å². The van der Waals surface area contributed by atoms with E-state index in [0.717, 1.165) is 40.8 Å². The minimum atomic E-state index is -1.04. The van der Waals surface area contributed by atoms with Crippen LogP contribution in [0.2, 0.25) is 0 Å². The van der Waals surface area contributed by atoms with Crippen LogP contribution in [0.15, 0.2) is 78.9 Å². The minimum Gasteiger partial charge on any atom is -0.496 e. The number of nitrogens with one attached hydrogen (secondary N) is 1. The molecule has 1 aliphatic carbocycles. The van der Waals surface area contributed by atoms with E-state index in [0.29, 0.717) is 0 Å². The van der Waals surface area contributed by atoms with E-state index in [1.165, 1.54) is 0 Å². The van der Waals surface area contributed by atoms with Crippen LogP contribution in [0.3, 0.4) is 0 Å². The van der Waals surface area contributed by atoms with Crippen molar-refractivity contribution in [1.29, 1.82) is 0 Å². The summed E-state index contributed by atoms with van der Waals surface area (Å²) in [5, 5.41) is 12.5. The maximum Gasteiger partial charge on any atom is 0.326 e. The van der Waals surface area contributed by atoms with Crippen molar-refractivity contribution in [3.63, 3.8) is 0 Å². The van der Waals surface area contributed by atoms with Gasteiger partial charge in [0.2, 0.25) is 5.91 Å². The third-order valence-electron chi connectivity index (χ3n) is 5.93. The molecule has 1 aliphatic rings. The van der Waals surface area contributed by atoms with Crippen LogP contribution in [0, 0.1) is 0 Å². The van der Waals surface area contributed by atoms with Crippen molar-refractivity contribution < 1.29 is 19.4 Å². The number of amides is 1. The van der Waals surface area contributed by atoms with Gasteiger partial charge in [0.25, 0.3) is 0 Å². The fraction of sp³-hybridized carbons (Fsp3) is 0.231. The number of para-hydroxylation sites is 1. The molecule has 5 nitrogen and oxygen atoms in total. The molecule has 0 unspecified atom stereocenters. The smallest absolute Gasteiger partial charge is 0.326 e. The Morgan fingerprint density at radius 2 is 1.61 bits per heavy atom. The maximum atomic E-state index is 13.0. The molecule has 3 aromatic rings. The van der Waals surface area contributed by atoms with Crippen LogP contribution in [-0.2, 0) is 21.4 Å². The second-order valence-electron chi connectivity index (χ2n) is 7.91. The quantitative estimate of drug-likeness (QED) is 0.578. The molecule has 31 heavy (non-hydrogen) atoms. The number of carboxylic acids is 1. The number of ether oxygens (including phenoxy) is 1. The zero-order valence-electron chi connectivity index (χ0n) is 17.4. The maximum absolute atomic E-state index is 13.0. The summed E-state index contributed by atoms with van der Waals surface area (Å²) in [5.41, 5.74) is 3.15. The first-order valence-corrected chi connectivity index (χ1v) is 10.3. The predicted octanol–water partition coefficient (Wildman–Crippen LogP) is 4.21. The molecule has 3 aromatic carbocycles. The summed E-state index contributed by atoms with van der Waals surface area (Å²) >= 11 is 0. The average molecular weight is 415 g/mol. The van der Waals surface area contributed by atoms with Gasteiger partial charge in [-0.1, -0.05) is 72.8 Å². The highest BCUT2D eigenvalue weighted by Crippen LogP contribution is 2.48. The van der Waals surface area contributed by atoms with Crippen LogP contribution >= 0.6 is 0 Å². The Hall–Kier alpha value is -3.60. The summed E-state index contributed by atoms with van der Waals surface area (Å²) in [5.74, 6) is -0.468. The van der Waals surface area contributed by atoms with E-state index < -0.39 is 17.4 Å². The Labute approximate surface area is 181 Å². The van der Waals surface area contributed by atoms with Gasteiger partial charge in [-0.25, -0.2) is 4.79 Å². The van der Waals surface area contributed by atoms with Gasteiger partial charge >= 0.3 is 5.97 Å². The van der Waals surface area contributed by atoms with Crippen molar-refractivity contribution in [3.05, 3.63) is 90.0 Å². The number of methoxy groups -OCH3 is 1. The first kappa shape index (κ1) is 20.7. The van der Waals surface area contributed by atoms with E-state index in [1.54, 1.807) is 7.11 Å². The molecule has 0 spiro atoms. The molecule has 1 atom stereocenters. The van der Waals surface area contributed by atoms with Gasteiger partial charge in [-0.05, 0) is 35.6 Å². The average Bonchev–Trinajstić information content (AvgIpc) is 3.62. The topological polar surface area (TPSA) is 75.6 Å². The van der Waals surface area contributed by atoms with Gasteiger partial charge in [0.15, 0.2) is 0 Å². The summed E-state index contributed by atoms with van der Waals surface area (Å²) in [6.07, 6.45) is 1.70. The van der Waals surface area contributed by atoms with Gasteiger partial charge in [0.1, 0.15) is 11.8 Å². The highest BCUT2D eigenvalue weighted by Gasteiger charge is 2.51. The van der Waals surface area contributed by atoms with Crippen LogP contribution in [0.5, 0.6) is 5.75 Å². The standard InChI is InChI=1S/C26H25NO4/c1-31-23-10-6-5-9-21(23)19-13-11-18(12-14-19)17-22(24(28)29)27-25(30)26(15-16-26)20-7-3-2-4-8-20/h2-14,22H,15-17H2,1H3,(H,27,30)(H,28,29)/t22-/m0/s1. The van der Waals surface area contributed by atoms with Crippen molar-refractivity contribution in [2.24, 2.45) is 0 Å². The number of carbonyl (C=O) groups is 2. The second kappa shape index (κ2) is 8.64. The van der Waals surface area contributed by atoms with Crippen molar-refractivity contribution in [2.45, 2.75) is 30.7 Å². The van der Waals surface area contributed by atoms with Crippen molar-refractivity contribution >= 4 is 11.9 Å². The first-order valence-electron chi connectivity index (χ1n) is 10.3. The first-order chi connectivity index (χ1) is 15.0. The number of benzene rings is 3. The third kappa shape index (κ3) is 4.31. The molecule has 4 rings (SSSR count).